The Labute approximate surface area is 123 Å². The fourth-order valence-electron chi connectivity index (χ4n) is 2.02. The van der Waals surface area contributed by atoms with Crippen molar-refractivity contribution in [2.24, 2.45) is 0 Å². The molecule has 0 fully saturated rings. The molecule has 0 saturated carbocycles. The molecule has 0 radical (unpaired) electrons. The van der Waals surface area contributed by atoms with Crippen molar-refractivity contribution in [2.75, 3.05) is 0 Å². The first-order chi connectivity index (χ1) is 10.5. The zero-order valence-electron chi connectivity index (χ0n) is 11.2. The lowest BCUT2D eigenvalue weighted by Crippen LogP contribution is -2.07. The predicted octanol–water partition coefficient (Wildman–Crippen LogP) is 2.80. The number of benzene rings is 1. The maximum absolute atomic E-state index is 12.8. The summed E-state index contributed by atoms with van der Waals surface area (Å²) in [5.74, 6) is 0.273. The molecule has 0 aliphatic rings. The molecule has 1 aromatic carbocycles. The van der Waals surface area contributed by atoms with Crippen LogP contribution in [-0.4, -0.2) is 25.2 Å². The van der Waals surface area contributed by atoms with E-state index in [-0.39, 0.29) is 5.82 Å². The summed E-state index contributed by atoms with van der Waals surface area (Å²) < 4.78 is 39.8. The molecule has 0 aliphatic heterocycles. The van der Waals surface area contributed by atoms with Crippen molar-refractivity contribution < 1.29 is 13.2 Å². The third-order valence-corrected chi connectivity index (χ3v) is 3.04. The van der Waals surface area contributed by atoms with E-state index in [0.29, 0.717) is 12.1 Å². The number of hydrogen-bond acceptors (Lipinski definition) is 4. The first kappa shape index (κ1) is 14.2. The predicted molar refractivity (Wildman–Crippen MR) is 71.6 cm³/mol. The monoisotopic (exact) mass is 305 g/mol. The molecule has 5 nitrogen and oxygen atoms in total. The molecule has 0 N–H and O–H groups in total. The Balaban J connectivity index is 1.95. The van der Waals surface area contributed by atoms with Crippen molar-refractivity contribution in [3.63, 3.8) is 0 Å². The zero-order chi connectivity index (χ0) is 15.6. The lowest BCUT2D eigenvalue weighted by atomic mass is 10.1. The molecule has 0 unspecified atom stereocenters. The number of halogens is 3. The van der Waals surface area contributed by atoms with Crippen LogP contribution in [0.4, 0.5) is 13.2 Å². The third kappa shape index (κ3) is 2.95. The van der Waals surface area contributed by atoms with Gasteiger partial charge in [-0.05, 0) is 34.2 Å². The van der Waals surface area contributed by atoms with E-state index < -0.39 is 11.7 Å². The molecular formula is C14H10F3N5. The van der Waals surface area contributed by atoms with E-state index in [4.69, 9.17) is 0 Å². The van der Waals surface area contributed by atoms with Crippen LogP contribution < -0.4 is 0 Å². The van der Waals surface area contributed by atoms with E-state index in [2.05, 4.69) is 20.5 Å². The van der Waals surface area contributed by atoms with E-state index >= 15 is 0 Å². The second-order valence-corrected chi connectivity index (χ2v) is 4.60. The molecule has 0 saturated heterocycles. The van der Waals surface area contributed by atoms with Gasteiger partial charge in [0.15, 0.2) is 5.82 Å². The van der Waals surface area contributed by atoms with Gasteiger partial charge in [0.2, 0.25) is 0 Å². The SMILES string of the molecule is FC(F)(F)c1cccc(-c2nnnn2Cc2cccnc2)c1. The van der Waals surface area contributed by atoms with E-state index in [9.17, 15) is 13.2 Å². The molecule has 3 aromatic rings. The molecule has 0 spiro atoms. The Kier molecular flexibility index (Phi) is 3.58. The van der Waals surface area contributed by atoms with Crippen molar-refractivity contribution >= 4 is 0 Å². The van der Waals surface area contributed by atoms with Crippen LogP contribution in [0, 0.1) is 0 Å². The van der Waals surface area contributed by atoms with Gasteiger partial charge in [0.05, 0.1) is 12.1 Å². The summed E-state index contributed by atoms with van der Waals surface area (Å²) in [7, 11) is 0. The first-order valence-corrected chi connectivity index (χ1v) is 6.37. The maximum atomic E-state index is 12.8. The number of rotatable bonds is 3. The highest BCUT2D eigenvalue weighted by molar-refractivity contribution is 5.56. The standard InChI is InChI=1S/C14H10F3N5/c15-14(16,17)12-5-1-4-11(7-12)13-19-20-21-22(13)9-10-3-2-6-18-8-10/h1-8H,9H2. The van der Waals surface area contributed by atoms with Crippen LogP contribution >= 0.6 is 0 Å². The number of alkyl halides is 3. The lowest BCUT2D eigenvalue weighted by molar-refractivity contribution is -0.137. The number of tetrazole rings is 1. The van der Waals surface area contributed by atoms with Crippen LogP contribution in [0.2, 0.25) is 0 Å². The number of hydrogen-bond donors (Lipinski definition) is 0. The third-order valence-electron chi connectivity index (χ3n) is 3.04. The van der Waals surface area contributed by atoms with Gasteiger partial charge in [-0.1, -0.05) is 18.2 Å². The topological polar surface area (TPSA) is 56.5 Å². The number of aromatic nitrogens is 5. The Morgan fingerprint density at radius 2 is 1.95 bits per heavy atom. The molecule has 2 heterocycles. The molecule has 8 heteroatoms. The first-order valence-electron chi connectivity index (χ1n) is 6.37. The van der Waals surface area contributed by atoms with Crippen LogP contribution in [0.1, 0.15) is 11.1 Å². The summed E-state index contributed by atoms with van der Waals surface area (Å²) in [5, 5.41) is 11.2. The maximum Gasteiger partial charge on any atom is 0.416 e. The molecule has 0 amide bonds. The Bertz CT molecular complexity index is 767. The summed E-state index contributed by atoms with van der Waals surface area (Å²) in [4.78, 5) is 3.98. The van der Waals surface area contributed by atoms with Gasteiger partial charge in [-0.25, -0.2) is 4.68 Å². The van der Waals surface area contributed by atoms with Crippen LogP contribution in [0.15, 0.2) is 48.8 Å². The van der Waals surface area contributed by atoms with Crippen molar-refractivity contribution in [3.05, 3.63) is 59.9 Å². The molecule has 22 heavy (non-hydrogen) atoms. The van der Waals surface area contributed by atoms with Gasteiger partial charge >= 0.3 is 6.18 Å². The minimum absolute atomic E-state index is 0.273. The Morgan fingerprint density at radius 3 is 2.68 bits per heavy atom. The van der Waals surface area contributed by atoms with Crippen LogP contribution in [0.25, 0.3) is 11.4 Å². The van der Waals surface area contributed by atoms with E-state index in [1.165, 1.54) is 10.7 Å². The molecule has 3 rings (SSSR count). The van der Waals surface area contributed by atoms with Crippen molar-refractivity contribution in [1.29, 1.82) is 0 Å². The molecular weight excluding hydrogens is 295 g/mol. The quantitative estimate of drug-likeness (QED) is 0.746. The molecule has 112 valence electrons. The van der Waals surface area contributed by atoms with E-state index in [0.717, 1.165) is 17.7 Å². The molecule has 0 aliphatic carbocycles. The minimum atomic E-state index is -4.41. The number of pyridine rings is 1. The van der Waals surface area contributed by atoms with Crippen molar-refractivity contribution in [3.8, 4) is 11.4 Å². The van der Waals surface area contributed by atoms with E-state index in [1.54, 1.807) is 24.5 Å². The normalized spacial score (nSPS) is 11.6. The second kappa shape index (κ2) is 5.55. The lowest BCUT2D eigenvalue weighted by Gasteiger charge is -2.09. The average molecular weight is 305 g/mol. The molecule has 2 aromatic heterocycles. The Hall–Kier alpha value is -2.77. The van der Waals surface area contributed by atoms with Crippen LogP contribution in [-0.2, 0) is 12.7 Å². The van der Waals surface area contributed by atoms with Gasteiger partial charge in [0.25, 0.3) is 0 Å². The summed E-state index contributed by atoms with van der Waals surface area (Å²) in [6, 6.07) is 8.53. The minimum Gasteiger partial charge on any atom is -0.264 e. The summed E-state index contributed by atoms with van der Waals surface area (Å²) in [5.41, 5.74) is 0.424. The van der Waals surface area contributed by atoms with Gasteiger partial charge in [-0.15, -0.1) is 5.10 Å². The smallest absolute Gasteiger partial charge is 0.264 e. The van der Waals surface area contributed by atoms with Gasteiger partial charge < -0.3 is 0 Å². The molecule has 0 atom stereocenters. The Morgan fingerprint density at radius 1 is 1.09 bits per heavy atom. The van der Waals surface area contributed by atoms with Gasteiger partial charge in [-0.3, -0.25) is 4.98 Å². The van der Waals surface area contributed by atoms with E-state index in [1.807, 2.05) is 6.07 Å². The second-order valence-electron chi connectivity index (χ2n) is 4.60. The summed E-state index contributed by atoms with van der Waals surface area (Å²) >= 11 is 0. The summed E-state index contributed by atoms with van der Waals surface area (Å²) in [6.07, 6.45) is -1.12. The van der Waals surface area contributed by atoms with Crippen LogP contribution in [0.5, 0.6) is 0 Å². The largest absolute Gasteiger partial charge is 0.416 e. The van der Waals surface area contributed by atoms with Crippen molar-refractivity contribution in [1.82, 2.24) is 25.2 Å². The average Bonchev–Trinajstić information content (AvgIpc) is 2.96. The van der Waals surface area contributed by atoms with Crippen LogP contribution in [0.3, 0.4) is 0 Å². The number of nitrogens with zero attached hydrogens (tertiary/aromatic N) is 5. The fourth-order valence-corrected chi connectivity index (χ4v) is 2.02. The highest BCUT2D eigenvalue weighted by atomic mass is 19.4. The summed E-state index contributed by atoms with van der Waals surface area (Å²) in [6.45, 7) is 0.326. The highest BCUT2D eigenvalue weighted by Crippen LogP contribution is 2.31. The van der Waals surface area contributed by atoms with Gasteiger partial charge in [0, 0.05) is 18.0 Å². The van der Waals surface area contributed by atoms with Gasteiger partial charge in [-0.2, -0.15) is 13.2 Å². The highest BCUT2D eigenvalue weighted by Gasteiger charge is 2.30. The molecule has 0 bridgehead atoms. The fraction of sp³-hybridized carbons (Fsp3) is 0.143. The zero-order valence-corrected chi connectivity index (χ0v) is 11.2. The van der Waals surface area contributed by atoms with Gasteiger partial charge in [0.1, 0.15) is 0 Å². The van der Waals surface area contributed by atoms with Crippen molar-refractivity contribution in [2.45, 2.75) is 12.7 Å².